The number of aromatic nitrogens is 2. The van der Waals surface area contributed by atoms with Gasteiger partial charge in [-0.25, -0.2) is 4.98 Å². The molecule has 2 aromatic rings. The third-order valence-corrected chi connectivity index (χ3v) is 3.06. The second-order valence-electron chi connectivity index (χ2n) is 4.75. The van der Waals surface area contributed by atoms with Gasteiger partial charge in [-0.1, -0.05) is 30.3 Å². The second-order valence-corrected chi connectivity index (χ2v) is 4.75. The molecule has 4 nitrogen and oxygen atoms in total. The molecule has 0 unspecified atom stereocenters. The lowest BCUT2D eigenvalue weighted by molar-refractivity contribution is -0.125. The Morgan fingerprint density at radius 3 is 2.67 bits per heavy atom. The fourth-order valence-corrected chi connectivity index (χ4v) is 1.76. The second kappa shape index (κ2) is 5.04. The van der Waals surface area contributed by atoms with E-state index in [1.807, 2.05) is 44.2 Å². The average molecular weight is 243 g/mol. The van der Waals surface area contributed by atoms with Crippen LogP contribution in [0.2, 0.25) is 0 Å². The van der Waals surface area contributed by atoms with Crippen molar-refractivity contribution in [2.75, 3.05) is 0 Å². The van der Waals surface area contributed by atoms with E-state index in [4.69, 9.17) is 0 Å². The third kappa shape index (κ3) is 2.59. The Morgan fingerprint density at radius 1 is 1.33 bits per heavy atom. The first kappa shape index (κ1) is 12.4. The Bertz CT molecular complexity index is 503. The van der Waals surface area contributed by atoms with Crippen molar-refractivity contribution in [3.63, 3.8) is 0 Å². The van der Waals surface area contributed by atoms with Crippen molar-refractivity contribution < 1.29 is 4.79 Å². The van der Waals surface area contributed by atoms with Crippen LogP contribution in [0.25, 0.3) is 0 Å². The third-order valence-electron chi connectivity index (χ3n) is 3.06. The number of hydrogen-bond donors (Lipinski definition) is 2. The predicted octanol–water partition coefficient (Wildman–Crippen LogP) is 2.00. The molecule has 18 heavy (non-hydrogen) atoms. The van der Waals surface area contributed by atoms with Crippen LogP contribution in [0.4, 0.5) is 0 Å². The van der Waals surface area contributed by atoms with Crippen LogP contribution in [-0.2, 0) is 16.8 Å². The Balaban J connectivity index is 2.04. The first-order valence-corrected chi connectivity index (χ1v) is 5.92. The van der Waals surface area contributed by atoms with E-state index in [-0.39, 0.29) is 5.91 Å². The summed E-state index contributed by atoms with van der Waals surface area (Å²) < 4.78 is 0. The molecule has 2 rings (SSSR count). The van der Waals surface area contributed by atoms with Crippen LogP contribution in [-0.4, -0.2) is 15.9 Å². The Hall–Kier alpha value is -2.10. The number of carbonyl (C=O) groups excluding carboxylic acids is 1. The van der Waals surface area contributed by atoms with Crippen LogP contribution in [0.5, 0.6) is 0 Å². The summed E-state index contributed by atoms with van der Waals surface area (Å²) >= 11 is 0. The smallest absolute Gasteiger partial charge is 0.230 e. The van der Waals surface area contributed by atoms with Crippen molar-refractivity contribution in [1.82, 2.24) is 15.3 Å². The summed E-state index contributed by atoms with van der Waals surface area (Å²) in [5.74, 6) is 0.00306. The molecule has 1 heterocycles. The molecule has 0 aliphatic rings. The molecule has 0 radical (unpaired) electrons. The molecule has 1 amide bonds. The Kier molecular flexibility index (Phi) is 3.46. The number of amides is 1. The van der Waals surface area contributed by atoms with Crippen LogP contribution in [0, 0.1) is 0 Å². The van der Waals surface area contributed by atoms with Gasteiger partial charge in [-0.2, -0.15) is 0 Å². The number of aromatic amines is 1. The summed E-state index contributed by atoms with van der Waals surface area (Å²) in [6.07, 6.45) is 3.31. The van der Waals surface area contributed by atoms with E-state index < -0.39 is 5.41 Å². The highest BCUT2D eigenvalue weighted by molar-refractivity contribution is 5.87. The zero-order chi connectivity index (χ0) is 13.0. The molecule has 0 atom stereocenters. The first-order valence-electron chi connectivity index (χ1n) is 5.92. The predicted molar refractivity (Wildman–Crippen MR) is 69.9 cm³/mol. The van der Waals surface area contributed by atoms with E-state index in [9.17, 15) is 4.79 Å². The molecule has 0 saturated carbocycles. The van der Waals surface area contributed by atoms with Crippen molar-refractivity contribution in [3.05, 3.63) is 54.1 Å². The summed E-state index contributed by atoms with van der Waals surface area (Å²) in [6.45, 7) is 4.31. The summed E-state index contributed by atoms with van der Waals surface area (Å²) in [4.78, 5) is 19.1. The number of H-pyrrole nitrogens is 1. The normalized spacial score (nSPS) is 11.2. The van der Waals surface area contributed by atoms with Gasteiger partial charge in [0.25, 0.3) is 0 Å². The first-order chi connectivity index (χ1) is 8.60. The number of nitrogens with zero attached hydrogens (tertiary/aromatic N) is 1. The van der Waals surface area contributed by atoms with Gasteiger partial charge in [0.05, 0.1) is 24.0 Å². The van der Waals surface area contributed by atoms with Gasteiger partial charge in [-0.05, 0) is 19.4 Å². The SMILES string of the molecule is CC(C)(C(=O)NCc1cnc[nH]1)c1ccccc1. The zero-order valence-electron chi connectivity index (χ0n) is 10.6. The molecule has 0 aliphatic heterocycles. The largest absolute Gasteiger partial charge is 0.350 e. The van der Waals surface area contributed by atoms with Gasteiger partial charge >= 0.3 is 0 Å². The van der Waals surface area contributed by atoms with E-state index in [1.54, 1.807) is 12.5 Å². The van der Waals surface area contributed by atoms with Crippen LogP contribution >= 0.6 is 0 Å². The zero-order valence-corrected chi connectivity index (χ0v) is 10.6. The van der Waals surface area contributed by atoms with Crippen LogP contribution < -0.4 is 5.32 Å². The molecule has 0 bridgehead atoms. The molecular formula is C14H17N3O. The van der Waals surface area contributed by atoms with Gasteiger partial charge in [-0.15, -0.1) is 0 Å². The van der Waals surface area contributed by atoms with Crippen LogP contribution in [0.3, 0.4) is 0 Å². The maximum absolute atomic E-state index is 12.2. The fourth-order valence-electron chi connectivity index (χ4n) is 1.76. The van der Waals surface area contributed by atoms with E-state index in [0.29, 0.717) is 6.54 Å². The summed E-state index contributed by atoms with van der Waals surface area (Å²) in [5, 5.41) is 2.91. The quantitative estimate of drug-likeness (QED) is 0.863. The van der Waals surface area contributed by atoms with Crippen LogP contribution in [0.15, 0.2) is 42.9 Å². The Morgan fingerprint density at radius 2 is 2.06 bits per heavy atom. The lowest BCUT2D eigenvalue weighted by Crippen LogP contribution is -2.39. The minimum absolute atomic E-state index is 0.00306. The van der Waals surface area contributed by atoms with E-state index in [0.717, 1.165) is 11.3 Å². The standard InChI is InChI=1S/C14H17N3O/c1-14(2,11-6-4-3-5-7-11)13(18)16-9-12-8-15-10-17-12/h3-8,10H,9H2,1-2H3,(H,15,17)(H,16,18). The van der Waals surface area contributed by atoms with Crippen molar-refractivity contribution >= 4 is 5.91 Å². The lowest BCUT2D eigenvalue weighted by Gasteiger charge is -2.24. The van der Waals surface area contributed by atoms with Gasteiger partial charge in [0.1, 0.15) is 0 Å². The number of rotatable bonds is 4. The minimum atomic E-state index is -0.540. The van der Waals surface area contributed by atoms with Gasteiger partial charge in [0.15, 0.2) is 0 Å². The van der Waals surface area contributed by atoms with Crippen molar-refractivity contribution in [1.29, 1.82) is 0 Å². The average Bonchev–Trinajstić information content (AvgIpc) is 2.90. The maximum atomic E-state index is 12.2. The topological polar surface area (TPSA) is 57.8 Å². The fraction of sp³-hybridized carbons (Fsp3) is 0.286. The monoisotopic (exact) mass is 243 g/mol. The summed E-state index contributed by atoms with van der Waals surface area (Å²) in [6, 6.07) is 9.77. The molecule has 94 valence electrons. The molecular weight excluding hydrogens is 226 g/mol. The highest BCUT2D eigenvalue weighted by Crippen LogP contribution is 2.22. The van der Waals surface area contributed by atoms with Crippen LogP contribution in [0.1, 0.15) is 25.1 Å². The molecule has 1 aromatic heterocycles. The number of benzene rings is 1. The van der Waals surface area contributed by atoms with Crippen molar-refractivity contribution in [2.45, 2.75) is 25.8 Å². The minimum Gasteiger partial charge on any atom is -0.350 e. The molecule has 1 aromatic carbocycles. The van der Waals surface area contributed by atoms with Crippen molar-refractivity contribution in [2.24, 2.45) is 0 Å². The molecule has 0 aliphatic carbocycles. The van der Waals surface area contributed by atoms with Crippen molar-refractivity contribution in [3.8, 4) is 0 Å². The summed E-state index contributed by atoms with van der Waals surface area (Å²) in [5.41, 5.74) is 1.36. The molecule has 0 spiro atoms. The van der Waals surface area contributed by atoms with E-state index >= 15 is 0 Å². The molecule has 2 N–H and O–H groups in total. The maximum Gasteiger partial charge on any atom is 0.230 e. The number of imidazole rings is 1. The van der Waals surface area contributed by atoms with Gasteiger partial charge in [-0.3, -0.25) is 4.79 Å². The van der Waals surface area contributed by atoms with E-state index in [1.165, 1.54) is 0 Å². The number of hydrogen-bond acceptors (Lipinski definition) is 2. The van der Waals surface area contributed by atoms with Gasteiger partial charge in [0, 0.05) is 6.20 Å². The highest BCUT2D eigenvalue weighted by Gasteiger charge is 2.29. The molecule has 0 fully saturated rings. The number of nitrogens with one attached hydrogen (secondary N) is 2. The lowest BCUT2D eigenvalue weighted by atomic mass is 9.84. The van der Waals surface area contributed by atoms with Gasteiger partial charge in [0.2, 0.25) is 5.91 Å². The Labute approximate surface area is 106 Å². The van der Waals surface area contributed by atoms with Gasteiger partial charge < -0.3 is 10.3 Å². The molecule has 4 heteroatoms. The number of carbonyl (C=O) groups is 1. The highest BCUT2D eigenvalue weighted by atomic mass is 16.2. The van der Waals surface area contributed by atoms with E-state index in [2.05, 4.69) is 15.3 Å². The molecule has 0 saturated heterocycles. The summed E-state index contributed by atoms with van der Waals surface area (Å²) in [7, 11) is 0.